The number of pyridine rings is 1. The van der Waals surface area contributed by atoms with Gasteiger partial charge in [-0.3, -0.25) is 9.78 Å². The van der Waals surface area contributed by atoms with Gasteiger partial charge in [-0.05, 0) is 26.0 Å². The van der Waals surface area contributed by atoms with Crippen molar-refractivity contribution < 1.29 is 9.90 Å². The predicted molar refractivity (Wildman–Crippen MR) is 57.9 cm³/mol. The summed E-state index contributed by atoms with van der Waals surface area (Å²) < 4.78 is 0. The van der Waals surface area contributed by atoms with Crippen LogP contribution in [0.5, 0.6) is 0 Å². The van der Waals surface area contributed by atoms with Crippen molar-refractivity contribution in [3.8, 4) is 0 Å². The Morgan fingerprint density at radius 1 is 1.67 bits per heavy atom. The van der Waals surface area contributed by atoms with Crippen molar-refractivity contribution in [3.63, 3.8) is 0 Å². The average Bonchev–Trinajstić information content (AvgIpc) is 2.17. The van der Waals surface area contributed by atoms with Crippen molar-refractivity contribution >= 4 is 17.5 Å². The Balaban J connectivity index is 2.78. The molecule has 1 aromatic rings. The maximum absolute atomic E-state index is 11.6. The number of carbonyl (C=O) groups is 1. The molecule has 0 aliphatic rings. The van der Waals surface area contributed by atoms with Crippen molar-refractivity contribution in [3.05, 3.63) is 29.0 Å². The summed E-state index contributed by atoms with van der Waals surface area (Å²) in [6.07, 6.45) is 1.46. The third kappa shape index (κ3) is 3.49. The Hall–Kier alpha value is -1.13. The van der Waals surface area contributed by atoms with Crippen LogP contribution in [0, 0.1) is 0 Å². The molecule has 0 aliphatic heterocycles. The molecule has 0 unspecified atom stereocenters. The molecule has 1 rings (SSSR count). The van der Waals surface area contributed by atoms with Crippen molar-refractivity contribution in [1.29, 1.82) is 0 Å². The SMILES string of the molecule is CC(C)(CO)NC(=O)c1cc(Cl)ccn1. The molecule has 82 valence electrons. The lowest BCUT2D eigenvalue weighted by Gasteiger charge is -2.23. The molecule has 0 saturated heterocycles. The summed E-state index contributed by atoms with van der Waals surface area (Å²) in [7, 11) is 0. The van der Waals surface area contributed by atoms with E-state index in [2.05, 4.69) is 10.3 Å². The highest BCUT2D eigenvalue weighted by Gasteiger charge is 2.20. The minimum absolute atomic E-state index is 0.140. The largest absolute Gasteiger partial charge is 0.394 e. The van der Waals surface area contributed by atoms with Gasteiger partial charge in [-0.1, -0.05) is 11.6 Å². The Bertz CT molecular complexity index is 366. The van der Waals surface area contributed by atoms with Crippen LogP contribution >= 0.6 is 11.6 Å². The quantitative estimate of drug-likeness (QED) is 0.818. The number of rotatable bonds is 3. The second-order valence-corrected chi connectivity index (χ2v) is 4.29. The van der Waals surface area contributed by atoms with Gasteiger partial charge in [-0.15, -0.1) is 0 Å². The van der Waals surface area contributed by atoms with Gasteiger partial charge in [0.25, 0.3) is 5.91 Å². The van der Waals surface area contributed by atoms with Crippen LogP contribution in [0.3, 0.4) is 0 Å². The maximum atomic E-state index is 11.6. The first kappa shape index (κ1) is 11.9. The number of amides is 1. The van der Waals surface area contributed by atoms with Crippen LogP contribution in [-0.4, -0.2) is 28.1 Å². The normalized spacial score (nSPS) is 11.2. The fraction of sp³-hybridized carbons (Fsp3) is 0.400. The molecule has 0 bridgehead atoms. The van der Waals surface area contributed by atoms with E-state index in [9.17, 15) is 4.79 Å². The minimum Gasteiger partial charge on any atom is -0.394 e. The van der Waals surface area contributed by atoms with Crippen LogP contribution in [-0.2, 0) is 0 Å². The highest BCUT2D eigenvalue weighted by atomic mass is 35.5. The number of carbonyl (C=O) groups excluding carboxylic acids is 1. The third-order valence-corrected chi connectivity index (χ3v) is 2.04. The van der Waals surface area contributed by atoms with Crippen molar-refractivity contribution in [2.24, 2.45) is 0 Å². The van der Waals surface area contributed by atoms with Crippen LogP contribution < -0.4 is 5.32 Å². The van der Waals surface area contributed by atoms with Gasteiger partial charge in [0.05, 0.1) is 12.1 Å². The molecule has 15 heavy (non-hydrogen) atoms. The first-order valence-electron chi connectivity index (χ1n) is 4.49. The molecule has 0 aliphatic carbocycles. The summed E-state index contributed by atoms with van der Waals surface area (Å²) in [5.74, 6) is -0.350. The molecule has 1 amide bonds. The topological polar surface area (TPSA) is 62.2 Å². The molecule has 1 aromatic heterocycles. The zero-order chi connectivity index (χ0) is 11.5. The van der Waals surface area contributed by atoms with Gasteiger partial charge in [-0.25, -0.2) is 0 Å². The average molecular weight is 229 g/mol. The van der Waals surface area contributed by atoms with E-state index in [1.54, 1.807) is 19.9 Å². The van der Waals surface area contributed by atoms with Crippen molar-refractivity contribution in [2.45, 2.75) is 19.4 Å². The summed E-state index contributed by atoms with van der Waals surface area (Å²) >= 11 is 5.72. The van der Waals surface area contributed by atoms with Crippen LogP contribution in [0.4, 0.5) is 0 Å². The number of aliphatic hydroxyl groups is 1. The number of halogens is 1. The van der Waals surface area contributed by atoms with Crippen LogP contribution in [0.25, 0.3) is 0 Å². The van der Waals surface area contributed by atoms with Gasteiger partial charge < -0.3 is 10.4 Å². The standard InChI is InChI=1S/C10H13ClN2O2/c1-10(2,6-14)13-9(15)8-5-7(11)3-4-12-8/h3-5,14H,6H2,1-2H3,(H,13,15). The van der Waals surface area contributed by atoms with Crippen molar-refractivity contribution in [2.75, 3.05) is 6.61 Å². The fourth-order valence-electron chi connectivity index (χ4n) is 0.940. The van der Waals surface area contributed by atoms with E-state index in [-0.39, 0.29) is 18.2 Å². The Morgan fingerprint density at radius 3 is 2.87 bits per heavy atom. The van der Waals surface area contributed by atoms with Gasteiger partial charge >= 0.3 is 0 Å². The Labute approximate surface area is 93.3 Å². The molecular weight excluding hydrogens is 216 g/mol. The molecule has 0 radical (unpaired) electrons. The van der Waals surface area contributed by atoms with E-state index in [1.165, 1.54) is 12.3 Å². The zero-order valence-corrected chi connectivity index (χ0v) is 9.38. The van der Waals surface area contributed by atoms with E-state index < -0.39 is 5.54 Å². The van der Waals surface area contributed by atoms with Gasteiger partial charge in [0.15, 0.2) is 0 Å². The highest BCUT2D eigenvalue weighted by molar-refractivity contribution is 6.30. The van der Waals surface area contributed by atoms with E-state index >= 15 is 0 Å². The second-order valence-electron chi connectivity index (χ2n) is 3.86. The third-order valence-electron chi connectivity index (χ3n) is 1.80. The van der Waals surface area contributed by atoms with Gasteiger partial charge in [0, 0.05) is 11.2 Å². The summed E-state index contributed by atoms with van der Waals surface area (Å²) in [6, 6.07) is 3.07. The lowest BCUT2D eigenvalue weighted by atomic mass is 10.1. The van der Waals surface area contributed by atoms with Crippen molar-refractivity contribution in [1.82, 2.24) is 10.3 Å². The number of nitrogens with zero attached hydrogens (tertiary/aromatic N) is 1. The van der Waals surface area contributed by atoms with E-state index in [0.717, 1.165) is 0 Å². The molecule has 2 N–H and O–H groups in total. The number of aliphatic hydroxyl groups excluding tert-OH is 1. The predicted octanol–water partition coefficient (Wildman–Crippen LogP) is 1.24. The molecule has 0 aromatic carbocycles. The summed E-state index contributed by atoms with van der Waals surface area (Å²) in [5.41, 5.74) is -0.426. The van der Waals surface area contributed by atoms with Crippen LogP contribution in [0.2, 0.25) is 5.02 Å². The molecule has 0 atom stereocenters. The fourth-order valence-corrected chi connectivity index (χ4v) is 1.10. The monoisotopic (exact) mass is 228 g/mol. The first-order chi connectivity index (χ1) is 6.94. The summed E-state index contributed by atoms with van der Waals surface area (Å²) in [6.45, 7) is 3.30. The first-order valence-corrected chi connectivity index (χ1v) is 4.87. The van der Waals surface area contributed by atoms with E-state index in [4.69, 9.17) is 16.7 Å². The Kier molecular flexibility index (Phi) is 3.66. The summed E-state index contributed by atoms with van der Waals surface area (Å²) in [4.78, 5) is 15.5. The lowest BCUT2D eigenvalue weighted by Crippen LogP contribution is -2.46. The molecule has 1 heterocycles. The number of nitrogens with one attached hydrogen (secondary N) is 1. The lowest BCUT2D eigenvalue weighted by molar-refractivity contribution is 0.0864. The van der Waals surface area contributed by atoms with Gasteiger partial charge in [0.1, 0.15) is 5.69 Å². The van der Waals surface area contributed by atoms with E-state index in [1.807, 2.05) is 0 Å². The number of aromatic nitrogens is 1. The van der Waals surface area contributed by atoms with Crippen LogP contribution in [0.1, 0.15) is 24.3 Å². The second kappa shape index (κ2) is 4.59. The molecule has 5 heteroatoms. The van der Waals surface area contributed by atoms with Crippen LogP contribution in [0.15, 0.2) is 18.3 Å². The number of hydrogen-bond donors (Lipinski definition) is 2. The van der Waals surface area contributed by atoms with Gasteiger partial charge in [-0.2, -0.15) is 0 Å². The smallest absolute Gasteiger partial charge is 0.270 e. The molecule has 0 fully saturated rings. The summed E-state index contributed by atoms with van der Waals surface area (Å²) in [5, 5.41) is 12.1. The molecule has 4 nitrogen and oxygen atoms in total. The molecule has 0 saturated carbocycles. The molecular formula is C10H13ClN2O2. The Morgan fingerprint density at radius 2 is 2.33 bits per heavy atom. The minimum atomic E-state index is -0.666. The zero-order valence-electron chi connectivity index (χ0n) is 8.62. The highest BCUT2D eigenvalue weighted by Crippen LogP contribution is 2.09. The van der Waals surface area contributed by atoms with Gasteiger partial charge in [0.2, 0.25) is 0 Å². The number of hydrogen-bond acceptors (Lipinski definition) is 3. The maximum Gasteiger partial charge on any atom is 0.270 e. The molecule has 0 spiro atoms. The van der Waals surface area contributed by atoms with E-state index in [0.29, 0.717) is 5.02 Å².